The zero-order chi connectivity index (χ0) is 20.9. The Bertz CT molecular complexity index is 1030. The monoisotopic (exact) mass is 438 g/mol. The molecule has 0 fully saturated rings. The van der Waals surface area contributed by atoms with Crippen molar-refractivity contribution in [3.8, 4) is 6.07 Å². The van der Waals surface area contributed by atoms with E-state index in [9.17, 15) is 13.2 Å². The van der Waals surface area contributed by atoms with Crippen LogP contribution in [0.5, 0.6) is 0 Å². The minimum Gasteiger partial charge on any atom is -0.444 e. The summed E-state index contributed by atoms with van der Waals surface area (Å²) < 4.78 is 32.5. The van der Waals surface area contributed by atoms with Gasteiger partial charge < -0.3 is 4.74 Å². The van der Waals surface area contributed by atoms with Crippen LogP contribution in [0.1, 0.15) is 17.3 Å². The van der Waals surface area contributed by atoms with Crippen molar-refractivity contribution in [1.29, 1.82) is 5.26 Å². The van der Waals surface area contributed by atoms with Crippen LogP contribution in [0.25, 0.3) is 0 Å². The zero-order valence-electron chi connectivity index (χ0n) is 14.8. The van der Waals surface area contributed by atoms with Crippen molar-refractivity contribution in [3.05, 3.63) is 70.7 Å². The number of carbonyl (C=O) groups excluding carboxylic acids is 1. The molecular formula is C19H16Cl2N2O4S. The molecule has 2 aromatic rings. The number of ether oxygens (including phenoxy) is 1. The summed E-state index contributed by atoms with van der Waals surface area (Å²) in [5.41, 5.74) is 0.311. The van der Waals surface area contributed by atoms with Crippen LogP contribution in [0.15, 0.2) is 60.0 Å². The van der Waals surface area contributed by atoms with E-state index < -0.39 is 22.1 Å². The molecule has 6 nitrogen and oxygen atoms in total. The summed E-state index contributed by atoms with van der Waals surface area (Å²) in [6, 6.07) is 11.7. The SMILES string of the molecule is C=CCN(c1ccc(Cl)cc1)S(=O)(=O)c1cc(C(=O)OC(C)C#N)ccc1Cl. The Morgan fingerprint density at radius 2 is 1.93 bits per heavy atom. The van der Waals surface area contributed by atoms with Crippen LogP contribution in [-0.4, -0.2) is 27.0 Å². The second-order valence-electron chi connectivity index (χ2n) is 5.62. The van der Waals surface area contributed by atoms with Crippen LogP contribution in [0.2, 0.25) is 10.0 Å². The van der Waals surface area contributed by atoms with E-state index >= 15 is 0 Å². The van der Waals surface area contributed by atoms with Crippen LogP contribution < -0.4 is 4.31 Å². The van der Waals surface area contributed by atoms with Crippen molar-refractivity contribution in [2.24, 2.45) is 0 Å². The second kappa shape index (κ2) is 9.11. The summed E-state index contributed by atoms with van der Waals surface area (Å²) in [7, 11) is -4.14. The minimum absolute atomic E-state index is 0.0273. The molecule has 0 saturated carbocycles. The fourth-order valence-corrected chi connectivity index (χ4v) is 4.33. The number of anilines is 1. The summed E-state index contributed by atoms with van der Waals surface area (Å²) in [4.78, 5) is 11.9. The third kappa shape index (κ3) is 4.84. The normalized spacial score (nSPS) is 11.9. The minimum atomic E-state index is -4.14. The van der Waals surface area contributed by atoms with Crippen molar-refractivity contribution in [1.82, 2.24) is 0 Å². The van der Waals surface area contributed by atoms with Gasteiger partial charge in [-0.15, -0.1) is 6.58 Å². The maximum atomic E-state index is 13.2. The molecule has 0 heterocycles. The Morgan fingerprint density at radius 1 is 1.29 bits per heavy atom. The molecule has 1 atom stereocenters. The number of nitriles is 1. The predicted molar refractivity (Wildman–Crippen MR) is 108 cm³/mol. The molecule has 28 heavy (non-hydrogen) atoms. The molecule has 0 bridgehead atoms. The number of carbonyl (C=O) groups is 1. The molecule has 146 valence electrons. The maximum absolute atomic E-state index is 13.2. The number of hydrogen-bond donors (Lipinski definition) is 0. The highest BCUT2D eigenvalue weighted by Gasteiger charge is 2.28. The first kappa shape index (κ1) is 21.8. The van der Waals surface area contributed by atoms with E-state index in [0.717, 1.165) is 10.4 Å². The molecule has 0 spiro atoms. The lowest BCUT2D eigenvalue weighted by Crippen LogP contribution is -2.31. The molecule has 2 rings (SSSR count). The third-order valence-electron chi connectivity index (χ3n) is 3.61. The number of rotatable bonds is 7. The van der Waals surface area contributed by atoms with Gasteiger partial charge in [0.15, 0.2) is 6.10 Å². The number of esters is 1. The summed E-state index contributed by atoms with van der Waals surface area (Å²) in [6.45, 7) is 4.96. The number of benzene rings is 2. The standard InChI is InChI=1S/C19H16Cl2N2O4S/c1-3-10-23(16-7-5-15(20)6-8-16)28(25,26)18-11-14(4-9-17(18)21)19(24)27-13(2)12-22/h3-9,11,13H,1,10H2,2H3. The van der Waals surface area contributed by atoms with Crippen LogP contribution in [0.4, 0.5) is 5.69 Å². The highest BCUT2D eigenvalue weighted by molar-refractivity contribution is 7.93. The number of nitrogens with zero attached hydrogens (tertiary/aromatic N) is 2. The van der Waals surface area contributed by atoms with E-state index in [-0.39, 0.29) is 22.0 Å². The first-order valence-corrected chi connectivity index (χ1v) is 10.2. The quantitative estimate of drug-likeness (QED) is 0.470. The number of hydrogen-bond acceptors (Lipinski definition) is 5. The van der Waals surface area contributed by atoms with Crippen molar-refractivity contribution in [2.45, 2.75) is 17.9 Å². The van der Waals surface area contributed by atoms with Gasteiger partial charge in [-0.2, -0.15) is 5.26 Å². The molecule has 0 amide bonds. The molecule has 0 aliphatic rings. The average Bonchev–Trinajstić information content (AvgIpc) is 2.66. The molecule has 9 heteroatoms. The molecule has 0 saturated heterocycles. The van der Waals surface area contributed by atoms with Crippen molar-refractivity contribution in [2.75, 3.05) is 10.8 Å². The lowest BCUT2D eigenvalue weighted by Gasteiger charge is -2.24. The average molecular weight is 439 g/mol. The third-order valence-corrected chi connectivity index (χ3v) is 6.14. The number of halogens is 2. The Morgan fingerprint density at radius 3 is 2.50 bits per heavy atom. The molecule has 0 radical (unpaired) electrons. The van der Waals surface area contributed by atoms with E-state index in [1.165, 1.54) is 25.1 Å². The molecule has 0 N–H and O–H groups in total. The van der Waals surface area contributed by atoms with E-state index in [4.69, 9.17) is 33.2 Å². The van der Waals surface area contributed by atoms with Gasteiger partial charge in [0.05, 0.1) is 22.8 Å². The zero-order valence-corrected chi connectivity index (χ0v) is 17.1. The van der Waals surface area contributed by atoms with Crippen LogP contribution in [0, 0.1) is 11.3 Å². The smallest absolute Gasteiger partial charge is 0.339 e. The molecule has 0 aliphatic carbocycles. The van der Waals surface area contributed by atoms with E-state index in [1.807, 2.05) is 0 Å². The number of sulfonamides is 1. The summed E-state index contributed by atoms with van der Waals surface area (Å²) >= 11 is 12.0. The fraction of sp³-hybridized carbons (Fsp3) is 0.158. The first-order chi connectivity index (χ1) is 13.2. The van der Waals surface area contributed by atoms with E-state index in [1.54, 1.807) is 30.3 Å². The Balaban J connectivity index is 2.51. The highest BCUT2D eigenvalue weighted by Crippen LogP contribution is 2.30. The van der Waals surface area contributed by atoms with Crippen LogP contribution in [-0.2, 0) is 14.8 Å². The van der Waals surface area contributed by atoms with Crippen LogP contribution in [0.3, 0.4) is 0 Å². The fourth-order valence-electron chi connectivity index (χ4n) is 2.27. The molecule has 0 aliphatic heterocycles. The largest absolute Gasteiger partial charge is 0.444 e. The molecule has 1 unspecified atom stereocenters. The summed E-state index contributed by atoms with van der Waals surface area (Å²) in [5.74, 6) is -0.830. The van der Waals surface area contributed by atoms with E-state index in [2.05, 4.69) is 6.58 Å². The van der Waals surface area contributed by atoms with Crippen LogP contribution >= 0.6 is 23.2 Å². The maximum Gasteiger partial charge on any atom is 0.339 e. The Labute approximate surface area is 173 Å². The van der Waals surface area contributed by atoms with Gasteiger partial charge in [-0.1, -0.05) is 29.3 Å². The lowest BCUT2D eigenvalue weighted by atomic mass is 10.2. The van der Waals surface area contributed by atoms with E-state index in [0.29, 0.717) is 10.7 Å². The van der Waals surface area contributed by atoms with Gasteiger partial charge in [0, 0.05) is 5.02 Å². The topological polar surface area (TPSA) is 87.5 Å². The van der Waals surface area contributed by atoms with Gasteiger partial charge in [0.1, 0.15) is 11.0 Å². The Kier molecular flexibility index (Phi) is 7.08. The molecule has 0 aromatic heterocycles. The van der Waals surface area contributed by atoms with Gasteiger partial charge in [-0.3, -0.25) is 4.31 Å². The lowest BCUT2D eigenvalue weighted by molar-refractivity contribution is 0.0435. The van der Waals surface area contributed by atoms with Gasteiger partial charge in [0.25, 0.3) is 10.0 Å². The first-order valence-electron chi connectivity index (χ1n) is 8.00. The van der Waals surface area contributed by atoms with Gasteiger partial charge in [0.2, 0.25) is 0 Å². The highest BCUT2D eigenvalue weighted by atomic mass is 35.5. The molecular weight excluding hydrogens is 423 g/mol. The van der Waals surface area contributed by atoms with Gasteiger partial charge in [-0.25, -0.2) is 13.2 Å². The second-order valence-corrected chi connectivity index (χ2v) is 8.30. The predicted octanol–water partition coefficient (Wildman–Crippen LogP) is 4.44. The van der Waals surface area contributed by atoms with Gasteiger partial charge in [-0.05, 0) is 49.4 Å². The van der Waals surface area contributed by atoms with Crippen molar-refractivity contribution in [3.63, 3.8) is 0 Å². The van der Waals surface area contributed by atoms with Gasteiger partial charge >= 0.3 is 5.97 Å². The molecule has 2 aromatic carbocycles. The summed E-state index contributed by atoms with van der Waals surface area (Å²) in [6.07, 6.45) is 0.446. The van der Waals surface area contributed by atoms with Crippen molar-refractivity contribution >= 4 is 44.9 Å². The summed E-state index contributed by atoms with van der Waals surface area (Å²) in [5, 5.41) is 9.16. The van der Waals surface area contributed by atoms with Crippen molar-refractivity contribution < 1.29 is 17.9 Å². The Hall–Kier alpha value is -2.53.